The fourth-order valence-electron chi connectivity index (χ4n) is 0.833. The molecule has 0 aliphatic heterocycles. The first-order chi connectivity index (χ1) is 4.95. The van der Waals surface area contributed by atoms with Crippen molar-refractivity contribution in [3.8, 4) is 0 Å². The van der Waals surface area contributed by atoms with E-state index in [1.165, 1.54) is 6.92 Å². The summed E-state index contributed by atoms with van der Waals surface area (Å²) in [6.45, 7) is 9.74. The molecule has 0 aromatic carbocycles. The predicted molar refractivity (Wildman–Crippen MR) is 47.8 cm³/mol. The van der Waals surface area contributed by atoms with Crippen LogP contribution in [0.3, 0.4) is 0 Å². The first-order valence-electron chi connectivity index (χ1n) is 4.01. The molecular weight excluding hydrogens is 138 g/mol. The van der Waals surface area contributed by atoms with Crippen LogP contribution in [0.15, 0.2) is 4.99 Å². The molecule has 2 heteroatoms. The van der Waals surface area contributed by atoms with Crippen molar-refractivity contribution in [2.24, 2.45) is 16.8 Å². The molecule has 0 heterocycles. The zero-order valence-electron chi connectivity index (χ0n) is 8.01. The maximum atomic E-state index is 10.6. The molecule has 1 unspecified atom stereocenters. The van der Waals surface area contributed by atoms with Crippen molar-refractivity contribution in [1.82, 2.24) is 0 Å². The van der Waals surface area contributed by atoms with Crippen LogP contribution in [0.5, 0.6) is 0 Å². The van der Waals surface area contributed by atoms with Gasteiger partial charge in [0.05, 0.1) is 0 Å². The number of carbonyl (C=O) groups is 1. The maximum absolute atomic E-state index is 10.6. The number of nitrogens with zero attached hydrogens (tertiary/aromatic N) is 1. The lowest BCUT2D eigenvalue weighted by atomic mass is 9.94. The van der Waals surface area contributed by atoms with E-state index in [1.807, 2.05) is 6.92 Å². The van der Waals surface area contributed by atoms with Gasteiger partial charge in [-0.05, 0) is 18.8 Å². The molecular formula is C9H17NO. The highest BCUT2D eigenvalue weighted by Gasteiger charge is 2.10. The summed E-state index contributed by atoms with van der Waals surface area (Å²) >= 11 is 0. The Labute approximate surface area is 68.7 Å². The molecule has 2 nitrogen and oxygen atoms in total. The molecule has 0 aliphatic carbocycles. The zero-order chi connectivity index (χ0) is 9.02. The van der Waals surface area contributed by atoms with Gasteiger partial charge in [-0.15, -0.1) is 0 Å². The minimum absolute atomic E-state index is 0.102. The van der Waals surface area contributed by atoms with Gasteiger partial charge in [-0.2, -0.15) is 0 Å². The predicted octanol–water partition coefficient (Wildman–Crippen LogP) is 2.29. The lowest BCUT2D eigenvalue weighted by Gasteiger charge is -2.13. The second-order valence-electron chi connectivity index (χ2n) is 3.30. The van der Waals surface area contributed by atoms with Crippen molar-refractivity contribution in [1.29, 1.82) is 0 Å². The average molecular weight is 155 g/mol. The van der Waals surface area contributed by atoms with E-state index in [9.17, 15) is 4.79 Å². The van der Waals surface area contributed by atoms with Crippen LogP contribution in [-0.4, -0.2) is 11.6 Å². The molecule has 64 valence electrons. The molecule has 0 aliphatic rings. The number of hydrogen-bond donors (Lipinski definition) is 0. The molecule has 0 N–H and O–H groups in total. The molecule has 0 aromatic rings. The number of rotatable bonds is 2. The summed E-state index contributed by atoms with van der Waals surface area (Å²) in [7, 11) is 0. The minimum atomic E-state index is -0.102. The van der Waals surface area contributed by atoms with E-state index in [1.54, 1.807) is 0 Å². The van der Waals surface area contributed by atoms with Crippen LogP contribution in [0.4, 0.5) is 0 Å². The van der Waals surface area contributed by atoms with Gasteiger partial charge in [0, 0.05) is 12.6 Å². The van der Waals surface area contributed by atoms with Crippen LogP contribution >= 0.6 is 0 Å². The number of hydrogen-bond acceptors (Lipinski definition) is 1. The fraction of sp³-hybridized carbons (Fsp3) is 0.778. The Kier molecular flexibility index (Phi) is 4.01. The van der Waals surface area contributed by atoms with Gasteiger partial charge in [-0.1, -0.05) is 20.8 Å². The van der Waals surface area contributed by atoms with Crippen molar-refractivity contribution >= 4 is 11.6 Å². The Morgan fingerprint density at radius 1 is 1.18 bits per heavy atom. The van der Waals surface area contributed by atoms with Crippen LogP contribution < -0.4 is 0 Å². The SMILES string of the molecule is CC(=O)N=C(C)C(C)C(C)C. The molecule has 0 aromatic heterocycles. The van der Waals surface area contributed by atoms with Gasteiger partial charge in [0.2, 0.25) is 5.91 Å². The Bertz CT molecular complexity index is 170. The van der Waals surface area contributed by atoms with Gasteiger partial charge >= 0.3 is 0 Å². The van der Waals surface area contributed by atoms with E-state index in [4.69, 9.17) is 0 Å². The van der Waals surface area contributed by atoms with E-state index in [0.717, 1.165) is 5.71 Å². The number of carbonyl (C=O) groups excluding carboxylic acids is 1. The third-order valence-corrected chi connectivity index (χ3v) is 1.99. The normalized spacial score (nSPS) is 15.3. The number of amides is 1. The van der Waals surface area contributed by atoms with Gasteiger partial charge in [0.1, 0.15) is 0 Å². The van der Waals surface area contributed by atoms with E-state index in [2.05, 4.69) is 25.8 Å². The summed E-state index contributed by atoms with van der Waals surface area (Å²) in [4.78, 5) is 14.5. The van der Waals surface area contributed by atoms with Crippen LogP contribution in [0, 0.1) is 11.8 Å². The third-order valence-electron chi connectivity index (χ3n) is 1.99. The summed E-state index contributed by atoms with van der Waals surface area (Å²) < 4.78 is 0. The molecule has 0 rings (SSSR count). The monoisotopic (exact) mass is 155 g/mol. The average Bonchev–Trinajstić information content (AvgIpc) is 1.84. The van der Waals surface area contributed by atoms with Gasteiger partial charge in [-0.25, -0.2) is 4.99 Å². The largest absolute Gasteiger partial charge is 0.273 e. The van der Waals surface area contributed by atoms with Crippen LogP contribution in [0.25, 0.3) is 0 Å². The van der Waals surface area contributed by atoms with Gasteiger partial charge < -0.3 is 0 Å². The van der Waals surface area contributed by atoms with Crippen LogP contribution in [-0.2, 0) is 4.79 Å². The highest BCUT2D eigenvalue weighted by atomic mass is 16.1. The van der Waals surface area contributed by atoms with E-state index in [0.29, 0.717) is 11.8 Å². The molecule has 1 atom stereocenters. The topological polar surface area (TPSA) is 29.4 Å². The Morgan fingerprint density at radius 3 is 1.91 bits per heavy atom. The van der Waals surface area contributed by atoms with E-state index in [-0.39, 0.29) is 5.91 Å². The first-order valence-corrected chi connectivity index (χ1v) is 4.01. The highest BCUT2D eigenvalue weighted by molar-refractivity contribution is 5.94. The molecule has 0 bridgehead atoms. The Hall–Kier alpha value is -0.660. The van der Waals surface area contributed by atoms with Crippen molar-refractivity contribution in [3.05, 3.63) is 0 Å². The smallest absolute Gasteiger partial charge is 0.242 e. The minimum Gasteiger partial charge on any atom is -0.273 e. The molecule has 1 amide bonds. The van der Waals surface area contributed by atoms with Crippen LogP contribution in [0.1, 0.15) is 34.6 Å². The van der Waals surface area contributed by atoms with Crippen molar-refractivity contribution in [2.75, 3.05) is 0 Å². The quantitative estimate of drug-likeness (QED) is 0.562. The molecule has 0 saturated carbocycles. The first kappa shape index (κ1) is 10.3. The summed E-state index contributed by atoms with van der Waals surface area (Å²) in [5.41, 5.74) is 0.938. The van der Waals surface area contributed by atoms with Gasteiger partial charge in [0.15, 0.2) is 0 Å². The van der Waals surface area contributed by atoms with Crippen molar-refractivity contribution in [2.45, 2.75) is 34.6 Å². The third kappa shape index (κ3) is 3.91. The molecule has 0 fully saturated rings. The fourth-order valence-corrected chi connectivity index (χ4v) is 0.833. The van der Waals surface area contributed by atoms with E-state index >= 15 is 0 Å². The van der Waals surface area contributed by atoms with Crippen molar-refractivity contribution < 1.29 is 4.79 Å². The summed E-state index contributed by atoms with van der Waals surface area (Å²) in [5.74, 6) is 0.854. The zero-order valence-corrected chi connectivity index (χ0v) is 8.01. The lowest BCUT2D eigenvalue weighted by Crippen LogP contribution is -2.14. The molecule has 11 heavy (non-hydrogen) atoms. The van der Waals surface area contributed by atoms with E-state index < -0.39 is 0 Å². The summed E-state index contributed by atoms with van der Waals surface area (Å²) in [6.07, 6.45) is 0. The van der Waals surface area contributed by atoms with Gasteiger partial charge in [-0.3, -0.25) is 4.79 Å². The maximum Gasteiger partial charge on any atom is 0.242 e. The number of aliphatic imine (C=N–C) groups is 1. The lowest BCUT2D eigenvalue weighted by molar-refractivity contribution is -0.115. The summed E-state index contributed by atoms with van der Waals surface area (Å²) in [6, 6.07) is 0. The van der Waals surface area contributed by atoms with Gasteiger partial charge in [0.25, 0.3) is 0 Å². The Balaban J connectivity index is 4.23. The Morgan fingerprint density at radius 2 is 1.64 bits per heavy atom. The summed E-state index contributed by atoms with van der Waals surface area (Å²) in [5, 5.41) is 0. The molecule has 0 radical (unpaired) electrons. The van der Waals surface area contributed by atoms with Crippen molar-refractivity contribution in [3.63, 3.8) is 0 Å². The standard InChI is InChI=1S/C9H17NO/c1-6(2)7(3)8(4)10-9(5)11/h6-7H,1-5H3. The molecule has 0 spiro atoms. The van der Waals surface area contributed by atoms with Crippen LogP contribution in [0.2, 0.25) is 0 Å². The second kappa shape index (κ2) is 4.27. The second-order valence-corrected chi connectivity index (χ2v) is 3.30. The highest BCUT2D eigenvalue weighted by Crippen LogP contribution is 2.11. The molecule has 0 saturated heterocycles.